The summed E-state index contributed by atoms with van der Waals surface area (Å²) in [6.07, 6.45) is 1.80. The van der Waals surface area contributed by atoms with Gasteiger partial charge in [-0.25, -0.2) is 0 Å². The maximum atomic E-state index is 12.0. The van der Waals surface area contributed by atoms with Gasteiger partial charge in [-0.1, -0.05) is 18.2 Å². The molecule has 19 heavy (non-hydrogen) atoms. The minimum Gasteiger partial charge on any atom is -0.288 e. The number of benzene rings is 1. The Morgan fingerprint density at radius 3 is 2.53 bits per heavy atom. The van der Waals surface area contributed by atoms with Crippen molar-refractivity contribution in [2.45, 2.75) is 0 Å². The van der Waals surface area contributed by atoms with E-state index in [9.17, 15) is 9.59 Å². The summed E-state index contributed by atoms with van der Waals surface area (Å²) >= 11 is 4.91. The molecule has 0 saturated carbocycles. The smallest absolute Gasteiger partial charge is 0.258 e. The minimum atomic E-state index is -0.353. The van der Waals surface area contributed by atoms with Gasteiger partial charge in [-0.05, 0) is 39.7 Å². The molecule has 1 aliphatic rings. The van der Waals surface area contributed by atoms with E-state index in [4.69, 9.17) is 0 Å². The third-order valence-corrected chi connectivity index (χ3v) is 4.45. The van der Waals surface area contributed by atoms with Crippen LogP contribution in [0.15, 0.2) is 40.2 Å². The highest BCUT2D eigenvalue weighted by Gasteiger charge is 2.26. The maximum absolute atomic E-state index is 12.0. The van der Waals surface area contributed by atoms with Crippen molar-refractivity contribution in [3.05, 3.63) is 56.2 Å². The number of carbonyl (C=O) groups excluding carboxylic acids is 2. The minimum absolute atomic E-state index is 0.342. The first-order chi connectivity index (χ1) is 9.15. The molecule has 0 radical (unpaired) electrons. The summed E-state index contributed by atoms with van der Waals surface area (Å²) < 4.78 is 0.977. The fourth-order valence-electron chi connectivity index (χ4n) is 1.97. The van der Waals surface area contributed by atoms with E-state index in [1.807, 2.05) is 17.5 Å². The van der Waals surface area contributed by atoms with Crippen LogP contribution in [0.25, 0.3) is 11.6 Å². The molecule has 94 valence electrons. The average Bonchev–Trinajstić information content (AvgIpc) is 2.80. The molecular formula is C14H8BrNO2S. The summed E-state index contributed by atoms with van der Waals surface area (Å²) in [7, 11) is 0. The number of hydrogen-bond acceptors (Lipinski definition) is 3. The van der Waals surface area contributed by atoms with Gasteiger partial charge in [0.1, 0.15) is 0 Å². The van der Waals surface area contributed by atoms with E-state index in [0.717, 1.165) is 9.35 Å². The van der Waals surface area contributed by atoms with Gasteiger partial charge >= 0.3 is 0 Å². The number of thiophene rings is 1. The summed E-state index contributed by atoms with van der Waals surface area (Å²) in [4.78, 5) is 24.7. The number of halogens is 1. The summed E-state index contributed by atoms with van der Waals surface area (Å²) in [5.74, 6) is -0.696. The van der Waals surface area contributed by atoms with Crippen LogP contribution < -0.4 is 5.32 Å². The maximum Gasteiger partial charge on any atom is 0.258 e. The Balaban J connectivity index is 2.15. The van der Waals surface area contributed by atoms with Gasteiger partial charge < -0.3 is 0 Å². The third-order valence-electron chi connectivity index (χ3n) is 2.81. The van der Waals surface area contributed by atoms with Crippen molar-refractivity contribution in [1.82, 2.24) is 5.32 Å². The van der Waals surface area contributed by atoms with E-state index in [2.05, 4.69) is 21.2 Å². The molecule has 0 atom stereocenters. The Labute approximate surface area is 122 Å². The van der Waals surface area contributed by atoms with Crippen molar-refractivity contribution >= 4 is 50.7 Å². The summed E-state index contributed by atoms with van der Waals surface area (Å²) in [5, 5.41) is 4.31. The number of fused-ring (bicyclic) bond motifs is 1. The van der Waals surface area contributed by atoms with E-state index >= 15 is 0 Å². The van der Waals surface area contributed by atoms with Crippen LogP contribution >= 0.6 is 27.3 Å². The third kappa shape index (κ3) is 2.27. The molecule has 0 aliphatic carbocycles. The molecule has 3 rings (SSSR count). The zero-order chi connectivity index (χ0) is 13.4. The van der Waals surface area contributed by atoms with Gasteiger partial charge in [-0.2, -0.15) is 0 Å². The van der Waals surface area contributed by atoms with Gasteiger partial charge in [-0.3, -0.25) is 14.9 Å². The fourth-order valence-corrected chi connectivity index (χ4v) is 3.34. The molecule has 2 aromatic rings. The normalized spacial score (nSPS) is 16.4. The lowest BCUT2D eigenvalue weighted by atomic mass is 9.94. The van der Waals surface area contributed by atoms with Gasteiger partial charge in [0.05, 0.1) is 0 Å². The zero-order valence-corrected chi connectivity index (χ0v) is 12.0. The summed E-state index contributed by atoms with van der Waals surface area (Å²) in [6, 6.07) is 9.05. The first-order valence-electron chi connectivity index (χ1n) is 5.56. The number of rotatable bonds is 1. The Hall–Kier alpha value is -1.72. The van der Waals surface area contributed by atoms with Crippen LogP contribution in [0.5, 0.6) is 0 Å². The molecule has 1 aromatic carbocycles. The lowest BCUT2D eigenvalue weighted by molar-refractivity contribution is -0.114. The lowest BCUT2D eigenvalue weighted by Gasteiger charge is -2.17. The van der Waals surface area contributed by atoms with Crippen molar-refractivity contribution in [2.24, 2.45) is 0 Å². The van der Waals surface area contributed by atoms with Crippen LogP contribution in [0, 0.1) is 0 Å². The SMILES string of the molecule is O=C1NC(=O)c2ccccc2/C1=C\c1cc(Br)cs1. The van der Waals surface area contributed by atoms with Gasteiger partial charge in [0.2, 0.25) is 0 Å². The van der Waals surface area contributed by atoms with E-state index in [0.29, 0.717) is 16.7 Å². The quantitative estimate of drug-likeness (QED) is 0.642. The number of imide groups is 1. The average molecular weight is 334 g/mol. The number of hydrogen-bond donors (Lipinski definition) is 1. The number of nitrogens with one attached hydrogen (secondary N) is 1. The Morgan fingerprint density at radius 1 is 1.11 bits per heavy atom. The highest BCUT2D eigenvalue weighted by Crippen LogP contribution is 2.29. The van der Waals surface area contributed by atoms with Crippen LogP contribution in [0.3, 0.4) is 0 Å². The fraction of sp³-hybridized carbons (Fsp3) is 0. The van der Waals surface area contributed by atoms with Crippen molar-refractivity contribution < 1.29 is 9.59 Å². The molecular weight excluding hydrogens is 326 g/mol. The molecule has 2 heterocycles. The lowest BCUT2D eigenvalue weighted by Crippen LogP contribution is -2.36. The van der Waals surface area contributed by atoms with Crippen LogP contribution in [-0.4, -0.2) is 11.8 Å². The van der Waals surface area contributed by atoms with E-state index in [1.54, 1.807) is 24.3 Å². The molecule has 0 bridgehead atoms. The predicted octanol–water partition coefficient (Wildman–Crippen LogP) is 3.32. The Bertz CT molecular complexity index is 718. The standard InChI is InChI=1S/C14H8BrNO2S/c15-8-5-9(19-7-8)6-12-10-3-1-2-4-11(10)13(17)16-14(12)18/h1-7H,(H,16,17,18)/b12-6+. The van der Waals surface area contributed by atoms with Crippen molar-refractivity contribution in [2.75, 3.05) is 0 Å². The van der Waals surface area contributed by atoms with E-state index in [-0.39, 0.29) is 11.8 Å². The molecule has 1 N–H and O–H groups in total. The highest BCUT2D eigenvalue weighted by atomic mass is 79.9. The first kappa shape index (κ1) is 12.3. The van der Waals surface area contributed by atoms with Gasteiger partial charge in [0, 0.05) is 25.9 Å². The van der Waals surface area contributed by atoms with E-state index < -0.39 is 0 Å². The molecule has 0 unspecified atom stereocenters. The molecule has 0 spiro atoms. The van der Waals surface area contributed by atoms with Crippen LogP contribution in [-0.2, 0) is 4.79 Å². The molecule has 0 saturated heterocycles. The molecule has 5 heteroatoms. The van der Waals surface area contributed by atoms with Gasteiger partial charge in [0.15, 0.2) is 0 Å². The monoisotopic (exact) mass is 333 g/mol. The largest absolute Gasteiger partial charge is 0.288 e. The molecule has 0 fully saturated rings. The van der Waals surface area contributed by atoms with Crippen molar-refractivity contribution in [1.29, 1.82) is 0 Å². The molecule has 3 nitrogen and oxygen atoms in total. The summed E-state index contributed by atoms with van der Waals surface area (Å²) in [6.45, 7) is 0. The van der Waals surface area contributed by atoms with Crippen LogP contribution in [0.4, 0.5) is 0 Å². The topological polar surface area (TPSA) is 46.2 Å². The van der Waals surface area contributed by atoms with Gasteiger partial charge in [0.25, 0.3) is 11.8 Å². The Kier molecular flexibility index (Phi) is 3.08. The summed E-state index contributed by atoms with van der Waals surface area (Å²) in [5.41, 5.74) is 1.73. The second-order valence-corrected chi connectivity index (χ2v) is 5.91. The number of carbonyl (C=O) groups is 2. The van der Waals surface area contributed by atoms with Crippen LogP contribution in [0.2, 0.25) is 0 Å². The van der Waals surface area contributed by atoms with Crippen molar-refractivity contribution in [3.8, 4) is 0 Å². The second-order valence-electron chi connectivity index (χ2n) is 4.05. The molecule has 2 amide bonds. The van der Waals surface area contributed by atoms with Gasteiger partial charge in [-0.15, -0.1) is 11.3 Å². The van der Waals surface area contributed by atoms with E-state index in [1.165, 1.54) is 11.3 Å². The van der Waals surface area contributed by atoms with Crippen LogP contribution in [0.1, 0.15) is 20.8 Å². The zero-order valence-electron chi connectivity index (χ0n) is 9.64. The second kappa shape index (κ2) is 4.75. The van der Waals surface area contributed by atoms with Crippen molar-refractivity contribution in [3.63, 3.8) is 0 Å². The molecule has 1 aliphatic heterocycles. The highest BCUT2D eigenvalue weighted by molar-refractivity contribution is 9.10. The predicted molar refractivity (Wildman–Crippen MR) is 78.8 cm³/mol. The number of amides is 2. The first-order valence-corrected chi connectivity index (χ1v) is 7.23. The molecule has 1 aromatic heterocycles. The Morgan fingerprint density at radius 2 is 1.84 bits per heavy atom.